The second kappa shape index (κ2) is 12.3. The van der Waals surface area contributed by atoms with Crippen LogP contribution in [0.2, 0.25) is 0 Å². The lowest BCUT2D eigenvalue weighted by Crippen LogP contribution is -2.71. The van der Waals surface area contributed by atoms with Gasteiger partial charge in [-0.3, -0.25) is 19.5 Å². The minimum atomic E-state index is -1.25. The molecular formula is C19H24N12O5S3. The van der Waals surface area contributed by atoms with Crippen LogP contribution in [0.25, 0.3) is 0 Å². The van der Waals surface area contributed by atoms with E-state index in [0.29, 0.717) is 23.0 Å². The molecule has 8 N–H and O–H groups in total. The maximum atomic E-state index is 13.0. The maximum Gasteiger partial charge on any atom is 0.352 e. The highest BCUT2D eigenvalue weighted by Crippen LogP contribution is 2.41. The van der Waals surface area contributed by atoms with Crippen LogP contribution in [0.1, 0.15) is 12.6 Å². The second-order valence-electron chi connectivity index (χ2n) is 7.83. The average Bonchev–Trinajstić information content (AvgIpc) is 3.53. The van der Waals surface area contributed by atoms with Gasteiger partial charge >= 0.3 is 5.97 Å². The number of amides is 2. The van der Waals surface area contributed by atoms with Crippen molar-refractivity contribution in [2.75, 3.05) is 30.4 Å². The number of aromatic nitrogens is 5. The number of carboxylic acids is 1. The molecule has 2 aromatic rings. The summed E-state index contributed by atoms with van der Waals surface area (Å²) in [6.45, 7) is 2.50. The van der Waals surface area contributed by atoms with Crippen molar-refractivity contribution in [2.24, 2.45) is 21.6 Å². The number of hydrogen-bond donors (Lipinski definition) is 5. The van der Waals surface area contributed by atoms with Crippen LogP contribution < -0.4 is 22.5 Å². The van der Waals surface area contributed by atoms with Crippen molar-refractivity contribution in [1.29, 1.82) is 0 Å². The van der Waals surface area contributed by atoms with E-state index >= 15 is 0 Å². The van der Waals surface area contributed by atoms with E-state index in [0.717, 1.165) is 11.3 Å². The number of carboxylic acid groups (broad SMARTS) is 1. The Balaban J connectivity index is 1.45. The fraction of sp³-hybridized carbons (Fsp3) is 0.421. The van der Waals surface area contributed by atoms with E-state index in [1.54, 1.807) is 12.3 Å². The van der Waals surface area contributed by atoms with Gasteiger partial charge in [0.2, 0.25) is 5.16 Å². The molecule has 0 spiro atoms. The van der Waals surface area contributed by atoms with E-state index in [-0.39, 0.29) is 47.1 Å². The topological polar surface area (TPSA) is 255 Å². The van der Waals surface area contributed by atoms with E-state index in [2.05, 4.69) is 36.0 Å². The number of tetrazole rings is 1. The number of anilines is 1. The molecule has 2 aliphatic rings. The van der Waals surface area contributed by atoms with E-state index in [1.807, 2.05) is 0 Å². The van der Waals surface area contributed by atoms with Crippen LogP contribution in [0.3, 0.4) is 0 Å². The van der Waals surface area contributed by atoms with Crippen molar-refractivity contribution in [3.8, 4) is 0 Å². The zero-order valence-electron chi connectivity index (χ0n) is 20.4. The number of thioether (sulfide) groups is 2. The van der Waals surface area contributed by atoms with E-state index in [4.69, 9.17) is 22.0 Å². The Morgan fingerprint density at radius 1 is 1.38 bits per heavy atom. The van der Waals surface area contributed by atoms with Crippen molar-refractivity contribution in [1.82, 2.24) is 35.4 Å². The molecule has 0 bridgehead atoms. The van der Waals surface area contributed by atoms with Gasteiger partial charge in [0.05, 0.1) is 13.1 Å². The molecule has 0 aliphatic carbocycles. The predicted octanol–water partition coefficient (Wildman–Crippen LogP) is -1.74. The predicted molar refractivity (Wildman–Crippen MR) is 144 cm³/mol. The molecule has 1 fully saturated rings. The van der Waals surface area contributed by atoms with Gasteiger partial charge in [0.1, 0.15) is 29.4 Å². The number of aliphatic carboxylic acids is 1. The summed E-state index contributed by atoms with van der Waals surface area (Å²) in [5, 5.41) is 29.5. The highest BCUT2D eigenvalue weighted by atomic mass is 32.2. The van der Waals surface area contributed by atoms with Gasteiger partial charge < -0.3 is 32.5 Å². The minimum absolute atomic E-state index is 0.0540. The van der Waals surface area contributed by atoms with Crippen LogP contribution in [0, 0.1) is 0 Å². The molecule has 4 heterocycles. The summed E-state index contributed by atoms with van der Waals surface area (Å²) in [6, 6.07) is -0.961. The first-order valence-corrected chi connectivity index (χ1v) is 14.2. The van der Waals surface area contributed by atoms with Crippen LogP contribution in [0.4, 0.5) is 5.13 Å². The van der Waals surface area contributed by atoms with Crippen LogP contribution >= 0.6 is 34.9 Å². The molecule has 2 amide bonds. The quantitative estimate of drug-likeness (QED) is 0.0599. The molecule has 208 valence electrons. The number of carbonyl (C=O) groups is 3. The Labute approximate surface area is 233 Å². The molecule has 1 saturated heterocycles. The molecule has 2 aromatic heterocycles. The Kier molecular flexibility index (Phi) is 8.86. The molecular weight excluding hydrogens is 572 g/mol. The molecule has 17 nitrogen and oxygen atoms in total. The van der Waals surface area contributed by atoms with E-state index in [1.165, 1.54) is 33.1 Å². The lowest BCUT2D eigenvalue weighted by atomic mass is 10.0. The molecule has 20 heteroatoms. The number of guanidine groups is 1. The number of carbonyl (C=O) groups excluding carboxylic acids is 2. The molecule has 0 saturated carbocycles. The average molecular weight is 597 g/mol. The van der Waals surface area contributed by atoms with Crippen molar-refractivity contribution in [3.05, 3.63) is 22.3 Å². The third-order valence-electron chi connectivity index (χ3n) is 5.28. The number of oxime groups is 1. The standard InChI is InChI=1S/C19H24N12O5S3/c1-2-36-27-10(9-7-38-18(22)24-9)13(32)25-11-14(33)31-12(16(34)35)8(5-37-15(11)31)6-39-19-26-28-29-30(19)4-3-23-17(20)21/h7,11,15H,2-6H2,1H3,(H2,22,24)(H,25,32)(H,34,35)(H4,20,21,23)/b27-10+/t11-,15-/m1/s1. The van der Waals surface area contributed by atoms with Crippen molar-refractivity contribution in [3.63, 3.8) is 0 Å². The summed E-state index contributed by atoms with van der Waals surface area (Å²) in [5.74, 6) is -2.02. The van der Waals surface area contributed by atoms with Gasteiger partial charge in [-0.1, -0.05) is 16.9 Å². The summed E-state index contributed by atoms with van der Waals surface area (Å²) >= 11 is 3.67. The first kappa shape index (κ1) is 28.1. The number of nitrogen functional groups attached to an aromatic ring is 1. The number of thiazole rings is 1. The number of nitrogens with two attached hydrogens (primary N) is 3. The third-order valence-corrected chi connectivity index (χ3v) is 8.34. The number of rotatable bonds is 12. The Morgan fingerprint density at radius 2 is 2.18 bits per heavy atom. The zero-order chi connectivity index (χ0) is 28.1. The van der Waals surface area contributed by atoms with Crippen LogP contribution in [-0.2, 0) is 25.8 Å². The zero-order valence-corrected chi connectivity index (χ0v) is 22.8. The van der Waals surface area contributed by atoms with Gasteiger partial charge in [0, 0.05) is 16.9 Å². The fourth-order valence-corrected chi connectivity index (χ4v) is 6.54. The fourth-order valence-electron chi connectivity index (χ4n) is 3.60. The first-order chi connectivity index (χ1) is 18.7. The molecule has 39 heavy (non-hydrogen) atoms. The van der Waals surface area contributed by atoms with Crippen molar-refractivity contribution >= 4 is 69.4 Å². The normalized spacial score (nSPS) is 18.8. The van der Waals surface area contributed by atoms with Gasteiger partial charge in [-0.15, -0.1) is 28.2 Å². The monoisotopic (exact) mass is 596 g/mol. The van der Waals surface area contributed by atoms with Crippen LogP contribution in [-0.4, -0.2) is 101 Å². The number of hydrogen-bond acceptors (Lipinski definition) is 14. The lowest BCUT2D eigenvalue weighted by Gasteiger charge is -2.49. The summed E-state index contributed by atoms with van der Waals surface area (Å²) in [4.78, 5) is 52.4. The van der Waals surface area contributed by atoms with Crippen LogP contribution in [0.15, 0.2) is 32.0 Å². The third kappa shape index (κ3) is 6.23. The first-order valence-electron chi connectivity index (χ1n) is 11.3. The summed E-state index contributed by atoms with van der Waals surface area (Å²) in [7, 11) is 0. The van der Waals surface area contributed by atoms with Gasteiger partial charge in [0.15, 0.2) is 16.8 Å². The summed E-state index contributed by atoms with van der Waals surface area (Å²) in [6.07, 6.45) is 0. The molecule has 2 atom stereocenters. The Morgan fingerprint density at radius 3 is 2.85 bits per heavy atom. The highest BCUT2D eigenvalue weighted by Gasteiger charge is 2.54. The van der Waals surface area contributed by atoms with Gasteiger partial charge in [-0.05, 0) is 22.9 Å². The van der Waals surface area contributed by atoms with E-state index < -0.39 is 29.2 Å². The molecule has 0 unspecified atom stereocenters. The Bertz CT molecular complexity index is 1350. The van der Waals surface area contributed by atoms with Gasteiger partial charge in [0.25, 0.3) is 11.8 Å². The van der Waals surface area contributed by atoms with E-state index in [9.17, 15) is 19.5 Å². The number of nitrogens with zero attached hydrogens (tertiary/aromatic N) is 8. The largest absolute Gasteiger partial charge is 0.477 e. The highest BCUT2D eigenvalue weighted by molar-refractivity contribution is 8.01. The SMILES string of the molecule is CCO/N=C(/C(=O)N[C@@H]1C(=O)N2C(C(=O)O)=C(CSc3nnnn3CCN=C(N)N)CS[C@H]12)c1csc(N)n1. The smallest absolute Gasteiger partial charge is 0.352 e. The molecule has 4 rings (SSSR count). The van der Waals surface area contributed by atoms with Crippen molar-refractivity contribution < 1.29 is 24.3 Å². The molecule has 2 aliphatic heterocycles. The van der Waals surface area contributed by atoms with Gasteiger partial charge in [-0.25, -0.2) is 14.5 Å². The number of nitrogens with one attached hydrogen (secondary N) is 1. The number of β-lactam (4-membered cyclic amide) rings is 1. The molecule has 0 aromatic carbocycles. The number of aliphatic imine (C=N–C) groups is 1. The minimum Gasteiger partial charge on any atom is -0.477 e. The maximum absolute atomic E-state index is 13.0. The van der Waals surface area contributed by atoms with Crippen LogP contribution in [0.5, 0.6) is 0 Å². The number of fused-ring (bicyclic) bond motifs is 1. The molecule has 0 radical (unpaired) electrons. The lowest BCUT2D eigenvalue weighted by molar-refractivity contribution is -0.150. The second-order valence-corrected chi connectivity index (χ2v) is 10.8. The summed E-state index contributed by atoms with van der Waals surface area (Å²) < 4.78 is 1.49. The summed E-state index contributed by atoms with van der Waals surface area (Å²) in [5.41, 5.74) is 16.8. The van der Waals surface area contributed by atoms with Crippen molar-refractivity contribution in [2.45, 2.75) is 30.0 Å². The Hall–Kier alpha value is -3.91. The van der Waals surface area contributed by atoms with Gasteiger partial charge in [-0.2, -0.15) is 0 Å².